The molecule has 0 saturated carbocycles. The zero-order chi connectivity index (χ0) is 18.5. The standard InChI is InChI=1S/C21H23N3O2/c1-3-23(13-14-25)21(26)19-15-24(18-11-9-16(2)10-12-18)22-20(19)17-7-5-4-6-8-17/h4-12,15,25H,3,13-14H2,1-2H3. The Labute approximate surface area is 153 Å². The lowest BCUT2D eigenvalue weighted by Gasteiger charge is -2.19. The molecular formula is C21H23N3O2. The van der Waals surface area contributed by atoms with E-state index in [-0.39, 0.29) is 12.5 Å². The number of aliphatic hydroxyl groups excluding tert-OH is 1. The van der Waals surface area contributed by atoms with Crippen molar-refractivity contribution in [2.24, 2.45) is 0 Å². The van der Waals surface area contributed by atoms with E-state index in [0.717, 1.165) is 11.3 Å². The molecule has 0 bridgehead atoms. The number of hydrogen-bond acceptors (Lipinski definition) is 3. The number of carbonyl (C=O) groups is 1. The number of likely N-dealkylation sites (N-methyl/N-ethyl adjacent to an activating group) is 1. The van der Waals surface area contributed by atoms with Gasteiger partial charge in [-0.25, -0.2) is 4.68 Å². The quantitative estimate of drug-likeness (QED) is 0.743. The van der Waals surface area contributed by atoms with Crippen LogP contribution in [0.1, 0.15) is 22.8 Å². The highest BCUT2D eigenvalue weighted by molar-refractivity contribution is 6.00. The van der Waals surface area contributed by atoms with Crippen molar-refractivity contribution in [3.8, 4) is 16.9 Å². The summed E-state index contributed by atoms with van der Waals surface area (Å²) >= 11 is 0. The third-order valence-electron chi connectivity index (χ3n) is 4.33. The van der Waals surface area contributed by atoms with E-state index >= 15 is 0 Å². The Morgan fingerprint density at radius 3 is 2.42 bits per heavy atom. The fourth-order valence-electron chi connectivity index (χ4n) is 2.86. The number of amides is 1. The fourth-order valence-corrected chi connectivity index (χ4v) is 2.86. The maximum Gasteiger partial charge on any atom is 0.257 e. The van der Waals surface area contributed by atoms with Crippen molar-refractivity contribution in [2.75, 3.05) is 19.7 Å². The van der Waals surface area contributed by atoms with Gasteiger partial charge in [-0.3, -0.25) is 4.79 Å². The number of rotatable bonds is 6. The molecule has 134 valence electrons. The van der Waals surface area contributed by atoms with Crippen LogP contribution in [0.2, 0.25) is 0 Å². The second kappa shape index (κ2) is 7.97. The second-order valence-corrected chi connectivity index (χ2v) is 6.15. The van der Waals surface area contributed by atoms with Crippen LogP contribution in [-0.2, 0) is 0 Å². The van der Waals surface area contributed by atoms with Crippen LogP contribution in [0.25, 0.3) is 16.9 Å². The van der Waals surface area contributed by atoms with Crippen LogP contribution >= 0.6 is 0 Å². The Hall–Kier alpha value is -2.92. The molecule has 3 aromatic rings. The number of hydrogen-bond donors (Lipinski definition) is 1. The van der Waals surface area contributed by atoms with Crippen molar-refractivity contribution >= 4 is 5.91 Å². The van der Waals surface area contributed by atoms with Gasteiger partial charge in [0.1, 0.15) is 5.69 Å². The molecule has 0 fully saturated rings. The van der Waals surface area contributed by atoms with Crippen LogP contribution in [0.3, 0.4) is 0 Å². The Balaban J connectivity index is 2.09. The molecule has 2 aromatic carbocycles. The molecular weight excluding hydrogens is 326 g/mol. The lowest BCUT2D eigenvalue weighted by atomic mass is 10.1. The van der Waals surface area contributed by atoms with Crippen molar-refractivity contribution in [3.05, 3.63) is 71.9 Å². The van der Waals surface area contributed by atoms with E-state index in [0.29, 0.717) is 24.3 Å². The van der Waals surface area contributed by atoms with E-state index in [4.69, 9.17) is 0 Å². The van der Waals surface area contributed by atoms with Gasteiger partial charge in [-0.1, -0.05) is 48.0 Å². The topological polar surface area (TPSA) is 58.4 Å². The number of nitrogens with zero attached hydrogens (tertiary/aromatic N) is 3. The fraction of sp³-hybridized carbons (Fsp3) is 0.238. The van der Waals surface area contributed by atoms with Gasteiger partial charge >= 0.3 is 0 Å². The largest absolute Gasteiger partial charge is 0.395 e. The maximum absolute atomic E-state index is 13.0. The molecule has 0 radical (unpaired) electrons. The minimum Gasteiger partial charge on any atom is -0.395 e. The first-order valence-electron chi connectivity index (χ1n) is 8.76. The first kappa shape index (κ1) is 17.9. The number of aromatic nitrogens is 2. The molecule has 3 rings (SSSR count). The lowest BCUT2D eigenvalue weighted by Crippen LogP contribution is -2.33. The van der Waals surface area contributed by atoms with E-state index in [9.17, 15) is 9.90 Å². The summed E-state index contributed by atoms with van der Waals surface area (Å²) in [5.74, 6) is -0.126. The van der Waals surface area contributed by atoms with E-state index < -0.39 is 0 Å². The molecule has 0 spiro atoms. The first-order chi connectivity index (χ1) is 12.6. The highest BCUT2D eigenvalue weighted by atomic mass is 16.3. The van der Waals surface area contributed by atoms with Crippen molar-refractivity contribution < 1.29 is 9.90 Å². The summed E-state index contributed by atoms with van der Waals surface area (Å²) in [7, 11) is 0. The Morgan fingerprint density at radius 2 is 1.81 bits per heavy atom. The molecule has 1 N–H and O–H groups in total. The first-order valence-corrected chi connectivity index (χ1v) is 8.76. The number of carbonyl (C=O) groups excluding carboxylic acids is 1. The van der Waals surface area contributed by atoms with Crippen LogP contribution in [0.15, 0.2) is 60.8 Å². The Morgan fingerprint density at radius 1 is 1.12 bits per heavy atom. The summed E-state index contributed by atoms with van der Waals surface area (Å²) in [6.45, 7) is 4.71. The molecule has 26 heavy (non-hydrogen) atoms. The predicted octanol–water partition coefficient (Wildman–Crippen LogP) is 3.30. The zero-order valence-electron chi connectivity index (χ0n) is 15.1. The molecule has 0 saturated heterocycles. The van der Waals surface area contributed by atoms with Crippen molar-refractivity contribution in [3.63, 3.8) is 0 Å². The van der Waals surface area contributed by atoms with Gasteiger partial charge in [0.2, 0.25) is 0 Å². The molecule has 0 atom stereocenters. The summed E-state index contributed by atoms with van der Waals surface area (Å²) in [6, 6.07) is 17.7. The third kappa shape index (κ3) is 3.68. The molecule has 1 amide bonds. The van der Waals surface area contributed by atoms with Gasteiger partial charge in [-0.05, 0) is 26.0 Å². The van der Waals surface area contributed by atoms with Gasteiger partial charge in [0.25, 0.3) is 5.91 Å². The molecule has 0 aliphatic heterocycles. The third-order valence-corrected chi connectivity index (χ3v) is 4.33. The number of aliphatic hydroxyl groups is 1. The molecule has 0 aliphatic carbocycles. The molecule has 0 aliphatic rings. The monoisotopic (exact) mass is 349 g/mol. The highest BCUT2D eigenvalue weighted by Crippen LogP contribution is 2.25. The van der Waals surface area contributed by atoms with Crippen LogP contribution in [0, 0.1) is 6.92 Å². The summed E-state index contributed by atoms with van der Waals surface area (Å²) in [5.41, 5.74) is 4.14. The van der Waals surface area contributed by atoms with Crippen LogP contribution < -0.4 is 0 Å². The average molecular weight is 349 g/mol. The zero-order valence-corrected chi connectivity index (χ0v) is 15.1. The molecule has 5 heteroatoms. The van der Waals surface area contributed by atoms with Gasteiger partial charge < -0.3 is 10.0 Å². The van der Waals surface area contributed by atoms with Crippen molar-refractivity contribution in [2.45, 2.75) is 13.8 Å². The number of benzene rings is 2. The van der Waals surface area contributed by atoms with E-state index in [1.54, 1.807) is 15.8 Å². The smallest absolute Gasteiger partial charge is 0.257 e. The summed E-state index contributed by atoms with van der Waals surface area (Å²) in [4.78, 5) is 14.6. The summed E-state index contributed by atoms with van der Waals surface area (Å²) in [6.07, 6.45) is 1.77. The maximum atomic E-state index is 13.0. The summed E-state index contributed by atoms with van der Waals surface area (Å²) in [5, 5.41) is 13.9. The predicted molar refractivity (Wildman–Crippen MR) is 102 cm³/mol. The van der Waals surface area contributed by atoms with Gasteiger partial charge in [0.05, 0.1) is 17.9 Å². The van der Waals surface area contributed by atoms with E-state index in [1.807, 2.05) is 68.4 Å². The Kier molecular flexibility index (Phi) is 5.49. The van der Waals surface area contributed by atoms with Gasteiger partial charge in [-0.2, -0.15) is 5.10 Å². The minimum absolute atomic E-state index is 0.0631. The Bertz CT molecular complexity index is 870. The van der Waals surface area contributed by atoms with Crippen LogP contribution in [0.5, 0.6) is 0 Å². The normalized spacial score (nSPS) is 10.7. The van der Waals surface area contributed by atoms with Crippen LogP contribution in [0.4, 0.5) is 0 Å². The second-order valence-electron chi connectivity index (χ2n) is 6.15. The average Bonchev–Trinajstić information content (AvgIpc) is 3.12. The van der Waals surface area contributed by atoms with Crippen molar-refractivity contribution in [1.29, 1.82) is 0 Å². The highest BCUT2D eigenvalue weighted by Gasteiger charge is 2.22. The molecule has 1 heterocycles. The SMILES string of the molecule is CCN(CCO)C(=O)c1cn(-c2ccc(C)cc2)nc1-c1ccccc1. The summed E-state index contributed by atoms with van der Waals surface area (Å²) < 4.78 is 1.74. The van der Waals surface area contributed by atoms with Gasteiger partial charge in [-0.15, -0.1) is 0 Å². The van der Waals surface area contributed by atoms with E-state index in [1.165, 1.54) is 5.56 Å². The van der Waals surface area contributed by atoms with Crippen molar-refractivity contribution in [1.82, 2.24) is 14.7 Å². The van der Waals surface area contributed by atoms with Gasteiger partial charge in [0, 0.05) is 24.8 Å². The van der Waals surface area contributed by atoms with Gasteiger partial charge in [0.15, 0.2) is 0 Å². The lowest BCUT2D eigenvalue weighted by molar-refractivity contribution is 0.0732. The van der Waals surface area contributed by atoms with E-state index in [2.05, 4.69) is 5.10 Å². The number of aryl methyl sites for hydroxylation is 1. The minimum atomic E-state index is -0.126. The molecule has 1 aromatic heterocycles. The molecule has 5 nitrogen and oxygen atoms in total. The molecule has 0 unspecified atom stereocenters. The van der Waals surface area contributed by atoms with Crippen LogP contribution in [-0.4, -0.2) is 45.4 Å².